The Morgan fingerprint density at radius 1 is 0.862 bits per heavy atom. The molecule has 3 aliphatic heterocycles. The van der Waals surface area contributed by atoms with E-state index in [1.165, 1.54) is 37.3 Å². The van der Waals surface area contributed by atoms with Gasteiger partial charge in [0.15, 0.2) is 0 Å². The molecule has 0 radical (unpaired) electrons. The van der Waals surface area contributed by atoms with E-state index >= 15 is 0 Å². The van der Waals surface area contributed by atoms with Gasteiger partial charge < -0.3 is 14.7 Å². The van der Waals surface area contributed by atoms with Crippen LogP contribution in [0.1, 0.15) is 38.5 Å². The van der Waals surface area contributed by atoms with Gasteiger partial charge in [-0.2, -0.15) is 0 Å². The van der Waals surface area contributed by atoms with E-state index in [1.807, 2.05) is 0 Å². The van der Waals surface area contributed by atoms with Crippen molar-refractivity contribution in [1.82, 2.24) is 9.80 Å². The molecule has 162 valence electrons. The molecule has 1 aromatic carbocycles. The molecular weight excluding hydrogens is 370 g/mol. The minimum atomic E-state index is -2.44. The molecule has 0 saturated carbocycles. The van der Waals surface area contributed by atoms with Gasteiger partial charge in [-0.1, -0.05) is 0 Å². The van der Waals surface area contributed by atoms with Crippen LogP contribution in [0.2, 0.25) is 0 Å². The molecule has 3 heterocycles. The standard InChI is InChI=1S/C23H36F2N4/c1-26-13-7-20(8-14-26)27(2)19-3-5-21(6-4-19)28-15-9-22(10-16-28)29-17-11-23(24,25)12-18-29/h3-6,20,22H,7-18H2,1-2H3. The molecule has 0 atom stereocenters. The lowest BCUT2D eigenvalue weighted by atomic mass is 9.98. The SMILES string of the molecule is CN1CCC(N(C)c2ccc(N3CCC(N4CCC(F)(F)CC4)CC3)cc2)CC1. The van der Waals surface area contributed by atoms with Gasteiger partial charge in [-0.15, -0.1) is 0 Å². The zero-order chi connectivity index (χ0) is 20.4. The summed E-state index contributed by atoms with van der Waals surface area (Å²) in [7, 11) is 4.42. The van der Waals surface area contributed by atoms with E-state index in [2.05, 4.69) is 58.0 Å². The number of benzene rings is 1. The first-order valence-corrected chi connectivity index (χ1v) is 11.3. The summed E-state index contributed by atoms with van der Waals surface area (Å²) in [6.45, 7) is 5.49. The van der Waals surface area contributed by atoms with Crippen molar-refractivity contribution in [2.75, 3.05) is 63.2 Å². The number of halogens is 2. The van der Waals surface area contributed by atoms with Crippen molar-refractivity contribution < 1.29 is 8.78 Å². The van der Waals surface area contributed by atoms with Crippen molar-refractivity contribution in [2.24, 2.45) is 0 Å². The fraction of sp³-hybridized carbons (Fsp3) is 0.739. The van der Waals surface area contributed by atoms with Crippen LogP contribution in [0.4, 0.5) is 20.2 Å². The summed E-state index contributed by atoms with van der Waals surface area (Å²) in [4.78, 5) is 9.60. The Morgan fingerprint density at radius 2 is 1.45 bits per heavy atom. The summed E-state index contributed by atoms with van der Waals surface area (Å²) >= 11 is 0. The van der Waals surface area contributed by atoms with Gasteiger partial charge in [0.25, 0.3) is 5.92 Å². The maximum absolute atomic E-state index is 13.4. The Balaban J connectivity index is 1.28. The molecule has 3 fully saturated rings. The van der Waals surface area contributed by atoms with Crippen molar-refractivity contribution in [1.29, 1.82) is 0 Å². The fourth-order valence-corrected chi connectivity index (χ4v) is 5.20. The van der Waals surface area contributed by atoms with Crippen molar-refractivity contribution in [2.45, 2.75) is 56.5 Å². The number of nitrogens with zero attached hydrogens (tertiary/aromatic N) is 4. The van der Waals surface area contributed by atoms with Gasteiger partial charge in [-0.25, -0.2) is 8.78 Å². The van der Waals surface area contributed by atoms with Crippen LogP contribution < -0.4 is 9.80 Å². The van der Waals surface area contributed by atoms with Crippen LogP contribution in [0.3, 0.4) is 0 Å². The molecule has 0 N–H and O–H groups in total. The molecule has 3 aliphatic rings. The lowest BCUT2D eigenvalue weighted by Gasteiger charge is -2.42. The lowest BCUT2D eigenvalue weighted by molar-refractivity contribution is -0.0646. The minimum Gasteiger partial charge on any atom is -0.372 e. The minimum absolute atomic E-state index is 0.0273. The van der Waals surface area contributed by atoms with Crippen LogP contribution in [0.5, 0.6) is 0 Å². The number of hydrogen-bond acceptors (Lipinski definition) is 4. The van der Waals surface area contributed by atoms with Gasteiger partial charge >= 0.3 is 0 Å². The van der Waals surface area contributed by atoms with Crippen molar-refractivity contribution in [3.8, 4) is 0 Å². The average molecular weight is 407 g/mol. The summed E-state index contributed by atoms with van der Waals surface area (Å²) in [6.07, 6.45) is 4.65. The van der Waals surface area contributed by atoms with Gasteiger partial charge in [0.2, 0.25) is 0 Å². The summed E-state index contributed by atoms with van der Waals surface area (Å²) in [5, 5.41) is 0. The van der Waals surface area contributed by atoms with E-state index in [0.717, 1.165) is 25.9 Å². The first kappa shape index (κ1) is 20.9. The molecule has 0 amide bonds. The average Bonchev–Trinajstić information content (AvgIpc) is 2.74. The second-order valence-corrected chi connectivity index (χ2v) is 9.27. The van der Waals surface area contributed by atoms with Crippen molar-refractivity contribution in [3.63, 3.8) is 0 Å². The zero-order valence-electron chi connectivity index (χ0n) is 18.0. The number of anilines is 2. The second-order valence-electron chi connectivity index (χ2n) is 9.27. The predicted octanol–water partition coefficient (Wildman–Crippen LogP) is 3.92. The number of hydrogen-bond donors (Lipinski definition) is 0. The molecule has 0 spiro atoms. The molecule has 29 heavy (non-hydrogen) atoms. The number of likely N-dealkylation sites (tertiary alicyclic amines) is 2. The van der Waals surface area contributed by atoms with E-state index in [4.69, 9.17) is 0 Å². The largest absolute Gasteiger partial charge is 0.372 e. The van der Waals surface area contributed by atoms with Crippen LogP contribution in [0.15, 0.2) is 24.3 Å². The van der Waals surface area contributed by atoms with Crippen LogP contribution in [0, 0.1) is 0 Å². The van der Waals surface area contributed by atoms with Crippen molar-refractivity contribution in [3.05, 3.63) is 24.3 Å². The van der Waals surface area contributed by atoms with Crippen LogP contribution >= 0.6 is 0 Å². The monoisotopic (exact) mass is 406 g/mol. The fourth-order valence-electron chi connectivity index (χ4n) is 5.20. The number of alkyl halides is 2. The molecule has 4 nitrogen and oxygen atoms in total. The Hall–Kier alpha value is -1.40. The van der Waals surface area contributed by atoms with Crippen LogP contribution in [-0.4, -0.2) is 81.2 Å². The third kappa shape index (κ3) is 5.02. The summed E-state index contributed by atoms with van der Waals surface area (Å²) in [5.74, 6) is -2.44. The first-order valence-electron chi connectivity index (χ1n) is 11.3. The molecule has 3 saturated heterocycles. The van der Waals surface area contributed by atoms with Crippen molar-refractivity contribution >= 4 is 11.4 Å². The van der Waals surface area contributed by atoms with Crippen LogP contribution in [0.25, 0.3) is 0 Å². The Morgan fingerprint density at radius 3 is 2.03 bits per heavy atom. The highest BCUT2D eigenvalue weighted by Gasteiger charge is 2.37. The maximum atomic E-state index is 13.4. The molecule has 1 aromatic rings. The molecule has 0 bridgehead atoms. The Bertz CT molecular complexity index is 639. The van der Waals surface area contributed by atoms with Crippen LogP contribution in [-0.2, 0) is 0 Å². The zero-order valence-corrected chi connectivity index (χ0v) is 18.0. The smallest absolute Gasteiger partial charge is 0.250 e. The first-order chi connectivity index (χ1) is 13.9. The number of piperidine rings is 3. The van der Waals surface area contributed by atoms with E-state index in [-0.39, 0.29) is 12.8 Å². The normalized spacial score (nSPS) is 25.3. The summed E-state index contributed by atoms with van der Waals surface area (Å²) < 4.78 is 26.8. The van der Waals surface area contributed by atoms with E-state index in [9.17, 15) is 8.78 Å². The van der Waals surface area contributed by atoms with E-state index < -0.39 is 5.92 Å². The quantitative estimate of drug-likeness (QED) is 0.751. The topological polar surface area (TPSA) is 13.0 Å². The van der Waals surface area contributed by atoms with Gasteiger partial charge in [-0.05, 0) is 70.1 Å². The molecule has 6 heteroatoms. The second kappa shape index (κ2) is 8.76. The van der Waals surface area contributed by atoms with Gasteiger partial charge in [0.1, 0.15) is 0 Å². The predicted molar refractivity (Wildman–Crippen MR) is 116 cm³/mol. The van der Waals surface area contributed by atoms with Gasteiger partial charge in [0, 0.05) is 69.5 Å². The Kier molecular flexibility index (Phi) is 6.30. The Labute approximate surface area is 174 Å². The molecule has 0 unspecified atom stereocenters. The molecule has 4 rings (SSSR count). The van der Waals surface area contributed by atoms with E-state index in [1.54, 1.807) is 0 Å². The highest BCUT2D eigenvalue weighted by Crippen LogP contribution is 2.32. The number of rotatable bonds is 4. The molecule has 0 aromatic heterocycles. The lowest BCUT2D eigenvalue weighted by Crippen LogP contribution is -2.49. The van der Waals surface area contributed by atoms with E-state index in [0.29, 0.717) is 25.2 Å². The van der Waals surface area contributed by atoms with Gasteiger partial charge in [-0.3, -0.25) is 4.90 Å². The third-order valence-electron chi connectivity index (χ3n) is 7.37. The summed E-state index contributed by atoms with van der Waals surface area (Å²) in [5.41, 5.74) is 2.58. The highest BCUT2D eigenvalue weighted by atomic mass is 19.3. The third-order valence-corrected chi connectivity index (χ3v) is 7.37. The highest BCUT2D eigenvalue weighted by molar-refractivity contribution is 5.56. The molecule has 0 aliphatic carbocycles. The van der Waals surface area contributed by atoms with Gasteiger partial charge in [0.05, 0.1) is 0 Å². The summed E-state index contributed by atoms with van der Waals surface area (Å²) in [6, 6.07) is 10.1. The molecular formula is C23H36F2N4. The maximum Gasteiger partial charge on any atom is 0.250 e.